The van der Waals surface area contributed by atoms with Gasteiger partial charge in [-0.25, -0.2) is 4.99 Å². The second-order valence-electron chi connectivity index (χ2n) is 4.58. The molecule has 0 bridgehead atoms. The zero-order chi connectivity index (χ0) is 16.6. The summed E-state index contributed by atoms with van der Waals surface area (Å²) < 4.78 is 14.1. The molecule has 0 saturated heterocycles. The quantitative estimate of drug-likeness (QED) is 0.237. The maximum atomic E-state index is 12.5. The predicted octanol–water partition coefficient (Wildman–Crippen LogP) is 4.18. The van der Waals surface area contributed by atoms with Crippen LogP contribution in [0.25, 0.3) is 0 Å². The lowest BCUT2D eigenvalue weighted by atomic mass is 10.3. The van der Waals surface area contributed by atoms with E-state index in [-0.39, 0.29) is 5.69 Å². The number of nitrogens with zero attached hydrogens (tertiary/aromatic N) is 3. The van der Waals surface area contributed by atoms with E-state index in [4.69, 9.17) is 5.50 Å². The summed E-state index contributed by atoms with van der Waals surface area (Å²) >= 11 is 1.25. The lowest BCUT2D eigenvalue weighted by molar-refractivity contribution is -0.384. The third kappa shape index (κ3) is 5.79. The van der Waals surface area contributed by atoms with Crippen LogP contribution in [0.5, 0.6) is 0 Å². The Bertz CT molecular complexity index is 565. The minimum Gasteiger partial charge on any atom is -0.294 e. The molecule has 9 heteroatoms. The number of hydrogen-bond acceptors (Lipinski definition) is 5. The molecule has 22 heavy (non-hydrogen) atoms. The summed E-state index contributed by atoms with van der Waals surface area (Å²) in [7, 11) is 0. The molecule has 0 heterocycles. The van der Waals surface area contributed by atoms with Gasteiger partial charge in [0.2, 0.25) is 0 Å². The standard InChI is InChI=1S/C13H21N4O3PS/c1-3-9-16(21(14,20)22-10-4-2)11-15-12-5-7-13(8-6-12)17(18)19/h5-8,11H,3-4,9-10H2,1-2H3,(H2,14,20). The van der Waals surface area contributed by atoms with Gasteiger partial charge in [-0.05, 0) is 25.0 Å². The van der Waals surface area contributed by atoms with Crippen molar-refractivity contribution in [2.45, 2.75) is 26.7 Å². The molecule has 0 fully saturated rings. The van der Waals surface area contributed by atoms with Crippen LogP contribution >= 0.6 is 18.0 Å². The van der Waals surface area contributed by atoms with Gasteiger partial charge in [-0.1, -0.05) is 25.2 Å². The molecule has 0 aliphatic heterocycles. The molecule has 0 aliphatic carbocycles. The molecule has 0 saturated carbocycles. The van der Waals surface area contributed by atoms with Crippen molar-refractivity contribution in [3.63, 3.8) is 0 Å². The molecule has 1 unspecified atom stereocenters. The van der Waals surface area contributed by atoms with E-state index in [0.29, 0.717) is 12.2 Å². The first-order chi connectivity index (χ1) is 10.4. The summed E-state index contributed by atoms with van der Waals surface area (Å²) in [6, 6.07) is 5.84. The first-order valence-corrected chi connectivity index (χ1v) is 10.3. The Kier molecular flexibility index (Phi) is 7.58. The molecule has 1 atom stereocenters. The first kappa shape index (κ1) is 18.7. The lowest BCUT2D eigenvalue weighted by Gasteiger charge is -2.25. The number of non-ortho nitro benzene ring substituents is 1. The molecular formula is C13H21N4O3PS. The number of aliphatic imine (C=N–C) groups is 1. The first-order valence-electron chi connectivity index (χ1n) is 6.99. The van der Waals surface area contributed by atoms with Crippen molar-refractivity contribution in [1.29, 1.82) is 0 Å². The van der Waals surface area contributed by atoms with Crippen LogP contribution in [0.1, 0.15) is 26.7 Å². The summed E-state index contributed by atoms with van der Waals surface area (Å²) in [6.45, 7) is 1.51. The van der Waals surface area contributed by atoms with Gasteiger partial charge in [-0.3, -0.25) is 24.9 Å². The van der Waals surface area contributed by atoms with Crippen molar-refractivity contribution in [1.82, 2.24) is 4.67 Å². The van der Waals surface area contributed by atoms with Gasteiger partial charge in [-0.2, -0.15) is 0 Å². The van der Waals surface area contributed by atoms with Crippen LogP contribution < -0.4 is 5.50 Å². The molecule has 122 valence electrons. The van der Waals surface area contributed by atoms with E-state index in [9.17, 15) is 14.7 Å². The molecule has 1 aromatic carbocycles. The second-order valence-corrected chi connectivity index (χ2v) is 9.23. The molecule has 0 aromatic heterocycles. The zero-order valence-electron chi connectivity index (χ0n) is 12.7. The van der Waals surface area contributed by atoms with Gasteiger partial charge < -0.3 is 0 Å². The van der Waals surface area contributed by atoms with Crippen LogP contribution in [0.15, 0.2) is 29.3 Å². The molecule has 0 aliphatic rings. The van der Waals surface area contributed by atoms with Crippen molar-refractivity contribution in [2.24, 2.45) is 10.5 Å². The number of hydrogen-bond donors (Lipinski definition) is 1. The molecule has 7 nitrogen and oxygen atoms in total. The van der Waals surface area contributed by atoms with Crippen molar-refractivity contribution >= 4 is 35.7 Å². The summed E-state index contributed by atoms with van der Waals surface area (Å²) in [5.41, 5.74) is 6.48. The van der Waals surface area contributed by atoms with E-state index in [2.05, 4.69) is 4.99 Å². The van der Waals surface area contributed by atoms with Crippen LogP contribution in [-0.4, -0.2) is 28.2 Å². The zero-order valence-corrected chi connectivity index (χ0v) is 14.4. The van der Waals surface area contributed by atoms with Gasteiger partial charge in [0.25, 0.3) is 12.3 Å². The van der Waals surface area contributed by atoms with Crippen LogP contribution in [0.2, 0.25) is 0 Å². The van der Waals surface area contributed by atoms with Gasteiger partial charge in [0, 0.05) is 24.4 Å². The Balaban J connectivity index is 2.85. The summed E-state index contributed by atoms with van der Waals surface area (Å²) in [6.07, 6.45) is 3.15. The van der Waals surface area contributed by atoms with Gasteiger partial charge in [0.1, 0.15) is 0 Å². The molecule has 1 rings (SSSR count). The van der Waals surface area contributed by atoms with E-state index in [1.165, 1.54) is 29.9 Å². The number of rotatable bonds is 9. The minimum absolute atomic E-state index is 0.00682. The Hall–Kier alpha value is -1.37. The van der Waals surface area contributed by atoms with E-state index in [1.807, 2.05) is 13.8 Å². The molecule has 1 aromatic rings. The number of nitro groups is 1. The number of nitrogens with two attached hydrogens (primary N) is 1. The monoisotopic (exact) mass is 344 g/mol. The van der Waals surface area contributed by atoms with Gasteiger partial charge in [0.15, 0.2) is 0 Å². The average molecular weight is 344 g/mol. The Morgan fingerprint density at radius 3 is 2.50 bits per heavy atom. The fraction of sp³-hybridized carbons (Fsp3) is 0.462. The molecule has 0 amide bonds. The molecule has 2 N–H and O–H groups in total. The summed E-state index contributed by atoms with van der Waals surface area (Å²) in [5.74, 6) is 0.722. The van der Waals surface area contributed by atoms with E-state index < -0.39 is 11.6 Å². The SMILES string of the molecule is CCCSP(N)(=O)N(C=Nc1ccc([N+](=O)[O-])cc1)CCC. The molecule has 0 spiro atoms. The van der Waals surface area contributed by atoms with Crippen molar-refractivity contribution in [3.8, 4) is 0 Å². The third-order valence-corrected chi connectivity index (χ3v) is 6.96. The maximum Gasteiger partial charge on any atom is 0.290 e. The third-order valence-electron chi connectivity index (χ3n) is 2.69. The smallest absolute Gasteiger partial charge is 0.290 e. The average Bonchev–Trinajstić information content (AvgIpc) is 2.49. The highest BCUT2D eigenvalue weighted by Gasteiger charge is 2.23. The van der Waals surface area contributed by atoms with Gasteiger partial charge in [0.05, 0.1) is 16.9 Å². The van der Waals surface area contributed by atoms with Gasteiger partial charge >= 0.3 is 0 Å². The number of nitro benzene ring substituents is 1. The Morgan fingerprint density at radius 1 is 1.36 bits per heavy atom. The highest BCUT2D eigenvalue weighted by atomic mass is 32.7. The van der Waals surface area contributed by atoms with Crippen LogP contribution in [-0.2, 0) is 4.57 Å². The summed E-state index contributed by atoms with van der Waals surface area (Å²) in [5, 5.41) is 10.6. The molecule has 0 radical (unpaired) electrons. The largest absolute Gasteiger partial charge is 0.294 e. The van der Waals surface area contributed by atoms with Crippen LogP contribution in [0.3, 0.4) is 0 Å². The van der Waals surface area contributed by atoms with Crippen molar-refractivity contribution in [2.75, 3.05) is 12.3 Å². The van der Waals surface area contributed by atoms with E-state index in [0.717, 1.165) is 18.6 Å². The minimum atomic E-state index is -3.01. The topological polar surface area (TPSA) is 102 Å². The van der Waals surface area contributed by atoms with E-state index in [1.54, 1.807) is 16.8 Å². The normalized spacial score (nSPS) is 14.0. The van der Waals surface area contributed by atoms with Crippen LogP contribution in [0.4, 0.5) is 11.4 Å². The Morgan fingerprint density at radius 2 is 2.00 bits per heavy atom. The van der Waals surface area contributed by atoms with Crippen molar-refractivity contribution < 1.29 is 9.49 Å². The predicted molar refractivity (Wildman–Crippen MR) is 92.8 cm³/mol. The number of benzene rings is 1. The van der Waals surface area contributed by atoms with E-state index >= 15 is 0 Å². The molecular weight excluding hydrogens is 323 g/mol. The highest BCUT2D eigenvalue weighted by molar-refractivity contribution is 8.56. The fourth-order valence-corrected chi connectivity index (χ4v) is 5.00. The fourth-order valence-electron chi connectivity index (χ4n) is 1.59. The van der Waals surface area contributed by atoms with Crippen molar-refractivity contribution in [3.05, 3.63) is 34.4 Å². The maximum absolute atomic E-state index is 12.5. The van der Waals surface area contributed by atoms with Crippen LogP contribution in [0, 0.1) is 10.1 Å². The summed E-state index contributed by atoms with van der Waals surface area (Å²) in [4.78, 5) is 14.3. The highest BCUT2D eigenvalue weighted by Crippen LogP contribution is 2.54. The second kappa shape index (κ2) is 8.92. The Labute approximate surface area is 134 Å². The van der Waals surface area contributed by atoms with Gasteiger partial charge in [-0.15, -0.1) is 0 Å². The lowest BCUT2D eigenvalue weighted by Crippen LogP contribution is -2.22.